The molecule has 0 spiro atoms. The molecule has 0 aliphatic carbocycles. The van der Waals surface area contributed by atoms with Crippen LogP contribution in [0.25, 0.3) is 153 Å². The molecule has 17 rings (SSSR count). The monoisotopic (exact) mass is 1170 g/mol. The third kappa shape index (κ3) is 8.84. The Kier molecular flexibility index (Phi) is 12.3. The van der Waals surface area contributed by atoms with Crippen LogP contribution < -0.4 is 5.46 Å². The Balaban J connectivity index is 0.000000142. The second-order valence-electron chi connectivity index (χ2n) is 22.5. The van der Waals surface area contributed by atoms with E-state index in [4.69, 9.17) is 59.6 Å². The SMILES string of the molecule is CC1(C)OB(c2cccc3c2sc2ccc(-c4nc(-c5ccccc5)nc(-c5cccc6oc7ccccc7c56)n4)cc23)OC1(C)C.Clc1cccc2c1sc1ccc(-c3nc(-c4ccccc4)nc(-c4cccc5oc6ccccc6c45)n3)cc12. The van der Waals surface area contributed by atoms with E-state index in [0.717, 1.165) is 119 Å². The number of nitrogens with zero attached hydrogens (tertiary/aromatic N) is 6. The van der Waals surface area contributed by atoms with E-state index >= 15 is 0 Å². The number of aromatic nitrogens is 6. The Bertz CT molecular complexity index is 5360. The summed E-state index contributed by atoms with van der Waals surface area (Å²) in [5.74, 6) is 3.68. The van der Waals surface area contributed by atoms with Crippen molar-refractivity contribution in [2.45, 2.75) is 38.9 Å². The van der Waals surface area contributed by atoms with Crippen molar-refractivity contribution in [2.24, 2.45) is 0 Å². The molecule has 1 aliphatic heterocycles. The number of benzene rings is 10. The van der Waals surface area contributed by atoms with Gasteiger partial charge in [-0.2, -0.15) is 0 Å². The predicted octanol–water partition coefficient (Wildman–Crippen LogP) is 19.2. The molecule has 0 bridgehead atoms. The average Bonchev–Trinajstić information content (AvgIpc) is 2.00. The van der Waals surface area contributed by atoms with E-state index in [0.29, 0.717) is 34.9 Å². The summed E-state index contributed by atoms with van der Waals surface area (Å²) < 4.78 is 29.9. The maximum absolute atomic E-state index is 6.51. The molecule has 0 amide bonds. The van der Waals surface area contributed by atoms with Gasteiger partial charge in [0.2, 0.25) is 0 Å². The summed E-state index contributed by atoms with van der Waals surface area (Å²) in [5, 5.41) is 9.41. The van der Waals surface area contributed by atoms with Crippen LogP contribution in [0.2, 0.25) is 5.02 Å². The van der Waals surface area contributed by atoms with Gasteiger partial charge in [-0.05, 0) is 99.8 Å². The van der Waals surface area contributed by atoms with Crippen molar-refractivity contribution in [1.82, 2.24) is 29.9 Å². The van der Waals surface area contributed by atoms with Gasteiger partial charge >= 0.3 is 7.12 Å². The first kappa shape index (κ1) is 52.1. The highest BCUT2D eigenvalue weighted by atomic mass is 35.5. The minimum absolute atomic E-state index is 0.413. The van der Waals surface area contributed by atoms with Crippen LogP contribution in [0.15, 0.2) is 227 Å². The van der Waals surface area contributed by atoms with Crippen molar-refractivity contribution in [2.75, 3.05) is 0 Å². The molecule has 7 heterocycles. The van der Waals surface area contributed by atoms with Crippen molar-refractivity contribution in [3.05, 3.63) is 223 Å². The molecule has 14 heteroatoms. The Labute approximate surface area is 506 Å². The van der Waals surface area contributed by atoms with Crippen molar-refractivity contribution < 1.29 is 18.1 Å². The van der Waals surface area contributed by atoms with E-state index in [9.17, 15) is 0 Å². The minimum atomic E-state index is -0.433. The van der Waals surface area contributed by atoms with E-state index in [1.54, 1.807) is 22.7 Å². The van der Waals surface area contributed by atoms with Crippen LogP contribution in [0.3, 0.4) is 0 Å². The number of hydrogen-bond acceptors (Lipinski definition) is 12. The molecule has 0 radical (unpaired) electrons. The van der Waals surface area contributed by atoms with Crippen LogP contribution in [0.4, 0.5) is 0 Å². The van der Waals surface area contributed by atoms with Crippen molar-refractivity contribution in [3.8, 4) is 68.3 Å². The van der Waals surface area contributed by atoms with Crippen LogP contribution in [0.5, 0.6) is 0 Å². The predicted molar refractivity (Wildman–Crippen MR) is 353 cm³/mol. The van der Waals surface area contributed by atoms with Crippen molar-refractivity contribution in [1.29, 1.82) is 0 Å². The van der Waals surface area contributed by atoms with Gasteiger partial charge in [-0.25, -0.2) is 29.9 Å². The molecule has 412 valence electrons. The maximum atomic E-state index is 6.51. The third-order valence-corrected chi connectivity index (χ3v) is 19.5. The van der Waals surface area contributed by atoms with E-state index < -0.39 is 18.3 Å². The molecule has 1 fully saturated rings. The highest BCUT2D eigenvalue weighted by Gasteiger charge is 2.52. The first-order chi connectivity index (χ1) is 42.0. The number of thiophene rings is 2. The zero-order chi connectivity index (χ0) is 57.8. The lowest BCUT2D eigenvalue weighted by Crippen LogP contribution is -2.41. The van der Waals surface area contributed by atoms with Gasteiger partial charge < -0.3 is 18.1 Å². The summed E-state index contributed by atoms with van der Waals surface area (Å²) in [6.45, 7) is 8.36. The van der Waals surface area contributed by atoms with E-state index in [-0.39, 0.29) is 0 Å². The fourth-order valence-electron chi connectivity index (χ4n) is 11.6. The highest BCUT2D eigenvalue weighted by molar-refractivity contribution is 7.27. The fourth-order valence-corrected chi connectivity index (χ4v) is 14.2. The standard InChI is InChI=1S/C39H30BN3O3S.C33H18ClN3OS/c1-38(2)39(3,4)46-40(45-38)29-17-10-15-25-28-22-24(20-21-32(28)47-34(25)29)36-41-35(23-12-6-5-7-13-23)42-37(43-36)27-16-11-19-31-33(27)26-14-8-9-18-30(26)44-31;34-25-13-6-11-21-24-18-20(16-17-28(24)39-30(21)25)32-35-31(19-8-2-1-3-9-19)36-33(37-32)23-12-7-15-27-29(23)22-10-4-5-14-26(22)38-27/h5-22H,1-4H3;1-18H. The number of fused-ring (bicyclic) bond motifs is 12. The Morgan fingerprint density at radius 3 is 1.26 bits per heavy atom. The largest absolute Gasteiger partial charge is 0.496 e. The fraction of sp³-hybridized carbons (Fsp3) is 0.0833. The van der Waals surface area contributed by atoms with E-state index in [1.807, 2.05) is 133 Å². The minimum Gasteiger partial charge on any atom is -0.456 e. The quantitative estimate of drug-likeness (QED) is 0.143. The van der Waals surface area contributed by atoms with Crippen LogP contribution >= 0.6 is 34.3 Å². The molecule has 1 aliphatic rings. The Hall–Kier alpha value is -9.47. The number of rotatable bonds is 7. The molecule has 10 aromatic carbocycles. The second-order valence-corrected chi connectivity index (χ2v) is 25.0. The van der Waals surface area contributed by atoms with Gasteiger partial charge in [-0.1, -0.05) is 163 Å². The van der Waals surface area contributed by atoms with Gasteiger partial charge in [-0.15, -0.1) is 22.7 Å². The molecule has 0 atom stereocenters. The third-order valence-electron chi connectivity index (χ3n) is 16.6. The lowest BCUT2D eigenvalue weighted by molar-refractivity contribution is 0.00578. The topological polar surface area (TPSA) is 122 Å². The molecule has 6 aromatic heterocycles. The van der Waals surface area contributed by atoms with Gasteiger partial charge in [0.15, 0.2) is 34.9 Å². The molecule has 16 aromatic rings. The molecule has 0 unspecified atom stereocenters. The normalized spacial score (nSPS) is 13.9. The summed E-state index contributed by atoms with van der Waals surface area (Å²) in [7, 11) is -0.433. The zero-order valence-corrected chi connectivity index (χ0v) is 49.3. The lowest BCUT2D eigenvalue weighted by atomic mass is 9.78. The number of hydrogen-bond donors (Lipinski definition) is 0. The molecule has 1 saturated heterocycles. The number of furan rings is 2. The highest BCUT2D eigenvalue weighted by Crippen LogP contribution is 2.44. The van der Waals surface area contributed by atoms with Crippen LogP contribution in [0, 0.1) is 0 Å². The Morgan fingerprint density at radius 2 is 0.744 bits per heavy atom. The van der Waals surface area contributed by atoms with Crippen molar-refractivity contribution >= 4 is 131 Å². The molecular weight excluding hydrogens is 1120 g/mol. The number of para-hydroxylation sites is 2. The lowest BCUT2D eigenvalue weighted by Gasteiger charge is -2.32. The first-order valence-corrected chi connectivity index (χ1v) is 30.4. The van der Waals surface area contributed by atoms with Crippen LogP contribution in [-0.2, 0) is 9.31 Å². The van der Waals surface area contributed by atoms with E-state index in [2.05, 4.69) is 113 Å². The van der Waals surface area contributed by atoms with Gasteiger partial charge in [0.1, 0.15) is 22.3 Å². The first-order valence-electron chi connectivity index (χ1n) is 28.4. The smallest absolute Gasteiger partial charge is 0.456 e. The molecule has 0 N–H and O–H groups in total. The summed E-state index contributed by atoms with van der Waals surface area (Å²) in [5.41, 5.74) is 9.02. The summed E-state index contributed by atoms with van der Waals surface area (Å²) in [4.78, 5) is 30.1. The average molecular weight is 1170 g/mol. The summed E-state index contributed by atoms with van der Waals surface area (Å²) in [6.07, 6.45) is 0. The zero-order valence-electron chi connectivity index (χ0n) is 46.9. The molecule has 86 heavy (non-hydrogen) atoms. The van der Waals surface area contributed by atoms with Crippen molar-refractivity contribution in [3.63, 3.8) is 0 Å². The molecular formula is C72H48BClN6O4S2. The molecule has 0 saturated carbocycles. The van der Waals surface area contributed by atoms with Gasteiger partial charge in [0.25, 0.3) is 0 Å². The van der Waals surface area contributed by atoms with Crippen LogP contribution in [-0.4, -0.2) is 48.2 Å². The maximum Gasteiger partial charge on any atom is 0.496 e. The Morgan fingerprint density at radius 1 is 0.349 bits per heavy atom. The second kappa shape index (κ2) is 20.4. The van der Waals surface area contributed by atoms with Crippen LogP contribution in [0.1, 0.15) is 27.7 Å². The van der Waals surface area contributed by atoms with Gasteiger partial charge in [0.05, 0.1) is 20.9 Å². The van der Waals surface area contributed by atoms with Gasteiger partial charge in [-0.3, -0.25) is 0 Å². The molecule has 10 nitrogen and oxygen atoms in total. The number of halogens is 1. The van der Waals surface area contributed by atoms with E-state index in [1.165, 1.54) is 9.40 Å². The van der Waals surface area contributed by atoms with Gasteiger partial charge in [0, 0.05) is 90.6 Å². The summed E-state index contributed by atoms with van der Waals surface area (Å²) in [6, 6.07) is 73.6. The summed E-state index contributed by atoms with van der Waals surface area (Å²) >= 11 is 9.97.